The maximum absolute atomic E-state index is 12.5. The number of carbonyl (C=O) groups excluding carboxylic acids is 1. The van der Waals surface area contributed by atoms with Crippen molar-refractivity contribution in [1.29, 1.82) is 0 Å². The first-order valence-corrected chi connectivity index (χ1v) is 7.36. The SMILES string of the molecule is CCC(NC(=O)N1c2ccccc2C[C@H]1C(=O)O)C(C)C. The molecule has 2 N–H and O–H groups in total. The molecule has 0 spiro atoms. The molecule has 1 aliphatic heterocycles. The third-order valence-corrected chi connectivity index (χ3v) is 4.03. The van der Waals surface area contributed by atoms with Gasteiger partial charge in [-0.15, -0.1) is 0 Å². The van der Waals surface area contributed by atoms with Gasteiger partial charge in [-0.3, -0.25) is 4.90 Å². The van der Waals surface area contributed by atoms with E-state index in [-0.39, 0.29) is 12.1 Å². The van der Waals surface area contributed by atoms with E-state index < -0.39 is 12.0 Å². The predicted octanol–water partition coefficient (Wildman–Crippen LogP) is 2.65. The normalized spacial score (nSPS) is 18.5. The fourth-order valence-electron chi connectivity index (χ4n) is 2.80. The van der Waals surface area contributed by atoms with E-state index in [4.69, 9.17) is 0 Å². The highest BCUT2D eigenvalue weighted by Gasteiger charge is 2.38. The minimum absolute atomic E-state index is 0.0414. The quantitative estimate of drug-likeness (QED) is 0.895. The van der Waals surface area contributed by atoms with Crippen LogP contribution >= 0.6 is 0 Å². The summed E-state index contributed by atoms with van der Waals surface area (Å²) in [7, 11) is 0. The van der Waals surface area contributed by atoms with Crippen molar-refractivity contribution in [2.75, 3.05) is 4.90 Å². The summed E-state index contributed by atoms with van der Waals surface area (Å²) >= 11 is 0. The number of para-hydroxylation sites is 1. The van der Waals surface area contributed by atoms with Gasteiger partial charge in [0.05, 0.1) is 0 Å². The second-order valence-corrected chi connectivity index (χ2v) is 5.77. The Kier molecular flexibility index (Phi) is 4.50. The lowest BCUT2D eigenvalue weighted by molar-refractivity contribution is -0.138. The number of fused-ring (bicyclic) bond motifs is 1. The van der Waals surface area contributed by atoms with Crippen LogP contribution in [0.5, 0.6) is 0 Å². The molecule has 2 rings (SSSR count). The van der Waals surface area contributed by atoms with Crippen molar-refractivity contribution < 1.29 is 14.7 Å². The number of hydrogen-bond acceptors (Lipinski definition) is 2. The summed E-state index contributed by atoms with van der Waals surface area (Å²) in [5, 5.41) is 12.3. The Morgan fingerprint density at radius 3 is 2.62 bits per heavy atom. The number of carbonyl (C=O) groups is 2. The van der Waals surface area contributed by atoms with E-state index in [1.807, 2.05) is 39.0 Å². The maximum Gasteiger partial charge on any atom is 0.327 e. The first kappa shape index (κ1) is 15.4. The third-order valence-electron chi connectivity index (χ3n) is 4.03. The van der Waals surface area contributed by atoms with Crippen LogP contribution in [-0.2, 0) is 11.2 Å². The number of nitrogens with one attached hydrogen (secondary N) is 1. The van der Waals surface area contributed by atoms with E-state index in [1.165, 1.54) is 4.90 Å². The first-order valence-electron chi connectivity index (χ1n) is 7.36. The van der Waals surface area contributed by atoms with Crippen LogP contribution in [0.4, 0.5) is 10.5 Å². The van der Waals surface area contributed by atoms with Crippen LogP contribution in [-0.4, -0.2) is 29.2 Å². The number of rotatable bonds is 4. The van der Waals surface area contributed by atoms with Crippen LogP contribution in [0, 0.1) is 5.92 Å². The van der Waals surface area contributed by atoms with E-state index in [0.29, 0.717) is 18.0 Å². The number of aliphatic carboxylic acids is 1. The highest BCUT2D eigenvalue weighted by atomic mass is 16.4. The van der Waals surface area contributed by atoms with Crippen molar-refractivity contribution in [3.63, 3.8) is 0 Å². The van der Waals surface area contributed by atoms with Gasteiger partial charge >= 0.3 is 12.0 Å². The van der Waals surface area contributed by atoms with E-state index in [0.717, 1.165) is 12.0 Å². The summed E-state index contributed by atoms with van der Waals surface area (Å²) in [6.07, 6.45) is 1.17. The van der Waals surface area contributed by atoms with Crippen molar-refractivity contribution in [1.82, 2.24) is 5.32 Å². The predicted molar refractivity (Wildman–Crippen MR) is 81.5 cm³/mol. The molecule has 21 heavy (non-hydrogen) atoms. The van der Waals surface area contributed by atoms with Gasteiger partial charge < -0.3 is 10.4 Å². The average molecular weight is 290 g/mol. The average Bonchev–Trinajstić information content (AvgIpc) is 2.83. The summed E-state index contributed by atoms with van der Waals surface area (Å²) in [6, 6.07) is 6.25. The molecule has 1 aliphatic rings. The summed E-state index contributed by atoms with van der Waals surface area (Å²) < 4.78 is 0. The fraction of sp³-hybridized carbons (Fsp3) is 0.500. The van der Waals surface area contributed by atoms with Gasteiger partial charge in [-0.2, -0.15) is 0 Å². The molecule has 1 heterocycles. The molecule has 2 atom stereocenters. The minimum Gasteiger partial charge on any atom is -0.480 e. The lowest BCUT2D eigenvalue weighted by atomic mass is 10.0. The molecule has 0 aromatic heterocycles. The third kappa shape index (κ3) is 3.01. The Morgan fingerprint density at radius 2 is 2.05 bits per heavy atom. The Labute approximate surface area is 125 Å². The molecular weight excluding hydrogens is 268 g/mol. The second kappa shape index (κ2) is 6.16. The summed E-state index contributed by atoms with van der Waals surface area (Å²) in [6.45, 7) is 6.10. The maximum atomic E-state index is 12.5. The summed E-state index contributed by atoms with van der Waals surface area (Å²) in [5.41, 5.74) is 1.60. The van der Waals surface area contributed by atoms with Crippen LogP contribution in [0.2, 0.25) is 0 Å². The van der Waals surface area contributed by atoms with Crippen molar-refractivity contribution in [2.24, 2.45) is 5.92 Å². The van der Waals surface area contributed by atoms with Gasteiger partial charge in [-0.05, 0) is 24.0 Å². The number of urea groups is 1. The van der Waals surface area contributed by atoms with Gasteiger partial charge in [0.15, 0.2) is 0 Å². The standard InChI is InChI=1S/C16H22N2O3/c1-4-12(10(2)3)17-16(21)18-13-8-6-5-7-11(13)9-14(18)15(19)20/h5-8,10,12,14H,4,9H2,1-3H3,(H,17,21)(H,19,20)/t12?,14-/m0/s1. The van der Waals surface area contributed by atoms with Gasteiger partial charge in [0.25, 0.3) is 0 Å². The van der Waals surface area contributed by atoms with Crippen LogP contribution < -0.4 is 10.2 Å². The van der Waals surface area contributed by atoms with Gasteiger partial charge in [0, 0.05) is 18.2 Å². The van der Waals surface area contributed by atoms with Gasteiger partial charge in [0.1, 0.15) is 6.04 Å². The van der Waals surface area contributed by atoms with Gasteiger partial charge in [-0.25, -0.2) is 9.59 Å². The Balaban J connectivity index is 2.26. The Morgan fingerprint density at radius 1 is 1.38 bits per heavy atom. The molecule has 1 unspecified atom stereocenters. The fourth-order valence-corrected chi connectivity index (χ4v) is 2.80. The van der Waals surface area contributed by atoms with Crippen molar-refractivity contribution >= 4 is 17.7 Å². The lowest BCUT2D eigenvalue weighted by Gasteiger charge is -2.27. The molecule has 1 aromatic rings. The van der Waals surface area contributed by atoms with E-state index >= 15 is 0 Å². The molecule has 114 valence electrons. The topological polar surface area (TPSA) is 69.6 Å². The van der Waals surface area contributed by atoms with Gasteiger partial charge in [-0.1, -0.05) is 39.0 Å². The van der Waals surface area contributed by atoms with E-state index in [1.54, 1.807) is 6.07 Å². The number of benzene rings is 1. The van der Waals surface area contributed by atoms with Crippen LogP contribution in [0.1, 0.15) is 32.8 Å². The Bertz CT molecular complexity index is 542. The zero-order chi connectivity index (χ0) is 15.6. The molecule has 5 heteroatoms. The number of carboxylic acids is 1. The smallest absolute Gasteiger partial charge is 0.327 e. The molecule has 0 radical (unpaired) electrons. The van der Waals surface area contributed by atoms with E-state index in [2.05, 4.69) is 5.32 Å². The molecule has 5 nitrogen and oxygen atoms in total. The molecule has 0 fully saturated rings. The molecular formula is C16H22N2O3. The number of anilines is 1. The lowest BCUT2D eigenvalue weighted by Crippen LogP contribution is -2.51. The highest BCUT2D eigenvalue weighted by molar-refractivity contribution is 6.01. The zero-order valence-electron chi connectivity index (χ0n) is 12.7. The van der Waals surface area contributed by atoms with Crippen LogP contribution in [0.3, 0.4) is 0 Å². The first-order chi connectivity index (χ1) is 9.95. The van der Waals surface area contributed by atoms with Crippen LogP contribution in [0.15, 0.2) is 24.3 Å². The number of hydrogen-bond donors (Lipinski definition) is 2. The van der Waals surface area contributed by atoms with Crippen molar-refractivity contribution in [2.45, 2.75) is 45.7 Å². The number of amides is 2. The molecule has 2 amide bonds. The van der Waals surface area contributed by atoms with Crippen molar-refractivity contribution in [3.05, 3.63) is 29.8 Å². The molecule has 0 saturated carbocycles. The summed E-state index contributed by atoms with van der Waals surface area (Å²) in [5.74, 6) is -0.668. The van der Waals surface area contributed by atoms with Crippen molar-refractivity contribution in [3.8, 4) is 0 Å². The Hall–Kier alpha value is -2.04. The van der Waals surface area contributed by atoms with Gasteiger partial charge in [0.2, 0.25) is 0 Å². The highest BCUT2D eigenvalue weighted by Crippen LogP contribution is 2.32. The number of carboxylic acid groups (broad SMARTS) is 1. The largest absolute Gasteiger partial charge is 0.480 e. The monoisotopic (exact) mass is 290 g/mol. The number of nitrogens with zero attached hydrogens (tertiary/aromatic N) is 1. The summed E-state index contributed by atoms with van der Waals surface area (Å²) in [4.78, 5) is 25.4. The molecule has 1 aromatic carbocycles. The van der Waals surface area contributed by atoms with Crippen LogP contribution in [0.25, 0.3) is 0 Å². The zero-order valence-corrected chi connectivity index (χ0v) is 12.7. The molecule has 0 aliphatic carbocycles. The second-order valence-electron chi connectivity index (χ2n) is 5.77. The molecule has 0 bridgehead atoms. The molecule has 0 saturated heterocycles. The minimum atomic E-state index is -0.973. The van der Waals surface area contributed by atoms with E-state index in [9.17, 15) is 14.7 Å².